The van der Waals surface area contributed by atoms with Crippen LogP contribution in [0.2, 0.25) is 0 Å². The molecular weight excluding hydrogens is 442 g/mol. The lowest BCUT2D eigenvalue weighted by molar-refractivity contribution is 0.0616. The molecule has 0 aliphatic carbocycles. The third kappa shape index (κ3) is 4.36. The lowest BCUT2D eigenvalue weighted by Crippen LogP contribution is -2.48. The van der Waals surface area contributed by atoms with Gasteiger partial charge in [0.1, 0.15) is 0 Å². The van der Waals surface area contributed by atoms with E-state index >= 15 is 0 Å². The number of hydrogen-bond acceptors (Lipinski definition) is 6. The minimum Gasteiger partial charge on any atom is -0.454 e. The van der Waals surface area contributed by atoms with E-state index in [1.807, 2.05) is 77.7 Å². The van der Waals surface area contributed by atoms with E-state index in [1.165, 1.54) is 5.56 Å². The third-order valence-corrected chi connectivity index (χ3v) is 6.33. The highest BCUT2D eigenvalue weighted by atomic mass is 16.7. The van der Waals surface area contributed by atoms with Crippen molar-refractivity contribution < 1.29 is 14.3 Å². The molecule has 1 amide bonds. The Balaban J connectivity index is 1.17. The number of carbonyl (C=O) groups is 1. The summed E-state index contributed by atoms with van der Waals surface area (Å²) in [6, 6.07) is 25.7. The predicted molar refractivity (Wildman–Crippen MR) is 131 cm³/mol. The largest absolute Gasteiger partial charge is 0.454 e. The molecule has 3 aromatic carbocycles. The topological polar surface area (TPSA) is 72.7 Å². The van der Waals surface area contributed by atoms with Crippen LogP contribution in [0, 0.1) is 0 Å². The second-order valence-electron chi connectivity index (χ2n) is 8.63. The van der Waals surface area contributed by atoms with E-state index in [4.69, 9.17) is 9.47 Å². The Labute approximate surface area is 203 Å². The van der Waals surface area contributed by atoms with Crippen molar-refractivity contribution in [1.29, 1.82) is 0 Å². The Kier molecular flexibility index (Phi) is 5.64. The number of carbonyl (C=O) groups excluding carboxylic acids is 1. The van der Waals surface area contributed by atoms with Crippen molar-refractivity contribution in [2.24, 2.45) is 0 Å². The molecule has 1 fully saturated rings. The van der Waals surface area contributed by atoms with Crippen molar-refractivity contribution in [3.63, 3.8) is 0 Å². The summed E-state index contributed by atoms with van der Waals surface area (Å²) in [7, 11) is 0. The molecule has 6 rings (SSSR count). The van der Waals surface area contributed by atoms with Gasteiger partial charge >= 0.3 is 0 Å². The Bertz CT molecular complexity index is 1270. The Morgan fingerprint density at radius 3 is 2.31 bits per heavy atom. The molecule has 1 aromatic heterocycles. The third-order valence-electron chi connectivity index (χ3n) is 6.33. The van der Waals surface area contributed by atoms with Crippen LogP contribution in [0.25, 0.3) is 17.1 Å². The van der Waals surface area contributed by atoms with Crippen LogP contribution in [0.15, 0.2) is 78.9 Å². The Morgan fingerprint density at radius 2 is 1.54 bits per heavy atom. The van der Waals surface area contributed by atoms with E-state index in [0.717, 1.165) is 42.4 Å². The van der Waals surface area contributed by atoms with Gasteiger partial charge in [-0.25, -0.2) is 9.67 Å². The van der Waals surface area contributed by atoms with E-state index in [-0.39, 0.29) is 18.5 Å². The first-order valence-corrected chi connectivity index (χ1v) is 11.7. The highest BCUT2D eigenvalue weighted by molar-refractivity contribution is 5.91. The van der Waals surface area contributed by atoms with Gasteiger partial charge < -0.3 is 14.4 Å². The number of rotatable bonds is 5. The zero-order valence-corrected chi connectivity index (χ0v) is 19.2. The van der Waals surface area contributed by atoms with E-state index in [0.29, 0.717) is 18.9 Å². The molecule has 2 aliphatic heterocycles. The fourth-order valence-corrected chi connectivity index (χ4v) is 4.47. The van der Waals surface area contributed by atoms with E-state index in [9.17, 15) is 4.79 Å². The van der Waals surface area contributed by atoms with Crippen LogP contribution in [-0.2, 0) is 6.54 Å². The van der Waals surface area contributed by atoms with Crippen molar-refractivity contribution in [3.05, 3.63) is 90.3 Å². The normalized spacial score (nSPS) is 15.4. The summed E-state index contributed by atoms with van der Waals surface area (Å²) in [6.45, 7) is 3.90. The maximum absolute atomic E-state index is 13.4. The number of aromatic nitrogens is 3. The Morgan fingerprint density at radius 1 is 0.829 bits per heavy atom. The summed E-state index contributed by atoms with van der Waals surface area (Å²) in [6.07, 6.45) is 0. The first-order valence-electron chi connectivity index (χ1n) is 11.7. The smallest absolute Gasteiger partial charge is 0.293 e. The van der Waals surface area contributed by atoms with Gasteiger partial charge in [-0.3, -0.25) is 9.69 Å². The molecule has 2 aliphatic rings. The SMILES string of the molecule is O=C(c1nc(-c2ccccc2)n(-c2ccccc2)n1)N1CCN(Cc2ccc3c(c2)OCO3)CC1. The molecule has 1 saturated heterocycles. The molecule has 8 nitrogen and oxygen atoms in total. The second-order valence-corrected chi connectivity index (χ2v) is 8.63. The van der Waals surface area contributed by atoms with Gasteiger partial charge in [0.25, 0.3) is 5.91 Å². The molecule has 4 aromatic rings. The summed E-state index contributed by atoms with van der Waals surface area (Å²) in [5, 5.41) is 4.63. The molecule has 3 heterocycles. The lowest BCUT2D eigenvalue weighted by Gasteiger charge is -2.34. The van der Waals surface area contributed by atoms with Gasteiger partial charge in [-0.05, 0) is 29.8 Å². The zero-order chi connectivity index (χ0) is 23.6. The number of ether oxygens (including phenoxy) is 2. The summed E-state index contributed by atoms with van der Waals surface area (Å²) >= 11 is 0. The maximum atomic E-state index is 13.4. The number of hydrogen-bond donors (Lipinski definition) is 0. The van der Waals surface area contributed by atoms with Crippen LogP contribution in [0.5, 0.6) is 11.5 Å². The highest BCUT2D eigenvalue weighted by Crippen LogP contribution is 2.33. The molecule has 0 spiro atoms. The molecule has 35 heavy (non-hydrogen) atoms. The first-order chi connectivity index (χ1) is 17.2. The van der Waals surface area contributed by atoms with E-state index in [2.05, 4.69) is 21.0 Å². The molecule has 0 radical (unpaired) electrons. The average Bonchev–Trinajstić information content (AvgIpc) is 3.57. The Hall–Kier alpha value is -4.17. The molecule has 8 heteroatoms. The van der Waals surface area contributed by atoms with Gasteiger partial charge in [-0.15, -0.1) is 5.10 Å². The number of fused-ring (bicyclic) bond motifs is 1. The number of benzene rings is 3. The standard InChI is InChI=1S/C27H25N5O3/c33-27(31-15-13-30(14-16-31)18-20-11-12-23-24(17-20)35-19-34-23)25-28-26(21-7-3-1-4-8-21)32(29-25)22-9-5-2-6-10-22/h1-12,17H,13-16,18-19H2. The van der Waals surface area contributed by atoms with Gasteiger partial charge in [0.15, 0.2) is 17.3 Å². The number of amides is 1. The molecule has 0 N–H and O–H groups in total. The minimum absolute atomic E-state index is 0.139. The van der Waals surface area contributed by atoms with Gasteiger partial charge in [0, 0.05) is 38.3 Å². The van der Waals surface area contributed by atoms with Crippen LogP contribution in [-0.4, -0.2) is 63.4 Å². The van der Waals surface area contributed by atoms with Gasteiger partial charge in [0.2, 0.25) is 12.6 Å². The molecule has 0 atom stereocenters. The van der Waals surface area contributed by atoms with Crippen molar-refractivity contribution in [2.45, 2.75) is 6.54 Å². The van der Waals surface area contributed by atoms with Crippen molar-refractivity contribution in [1.82, 2.24) is 24.6 Å². The minimum atomic E-state index is -0.139. The first kappa shape index (κ1) is 21.4. The number of nitrogens with zero attached hydrogens (tertiary/aromatic N) is 5. The van der Waals surface area contributed by atoms with E-state index < -0.39 is 0 Å². The van der Waals surface area contributed by atoms with Crippen LogP contribution in [0.4, 0.5) is 0 Å². The summed E-state index contributed by atoms with van der Waals surface area (Å²) in [5.74, 6) is 2.32. The summed E-state index contributed by atoms with van der Waals surface area (Å²) in [4.78, 5) is 22.2. The molecular formula is C27H25N5O3. The second kappa shape index (κ2) is 9.23. The predicted octanol–water partition coefficient (Wildman–Crippen LogP) is 3.62. The monoisotopic (exact) mass is 467 g/mol. The van der Waals surface area contributed by atoms with Crippen LogP contribution < -0.4 is 9.47 Å². The fraction of sp³-hybridized carbons (Fsp3) is 0.222. The van der Waals surface area contributed by atoms with E-state index in [1.54, 1.807) is 4.68 Å². The average molecular weight is 468 g/mol. The highest BCUT2D eigenvalue weighted by Gasteiger charge is 2.27. The fourth-order valence-electron chi connectivity index (χ4n) is 4.47. The van der Waals surface area contributed by atoms with Crippen LogP contribution >= 0.6 is 0 Å². The number of para-hydroxylation sites is 1. The quantitative estimate of drug-likeness (QED) is 0.447. The molecule has 0 unspecified atom stereocenters. The maximum Gasteiger partial charge on any atom is 0.293 e. The van der Waals surface area contributed by atoms with Gasteiger partial charge in [-0.2, -0.15) is 0 Å². The molecule has 0 saturated carbocycles. The summed E-state index contributed by atoms with van der Waals surface area (Å²) < 4.78 is 12.6. The van der Waals surface area contributed by atoms with Gasteiger partial charge in [-0.1, -0.05) is 54.6 Å². The number of piperazine rings is 1. The zero-order valence-electron chi connectivity index (χ0n) is 19.2. The van der Waals surface area contributed by atoms with Crippen molar-refractivity contribution in [2.75, 3.05) is 33.0 Å². The lowest BCUT2D eigenvalue weighted by atomic mass is 10.1. The molecule has 176 valence electrons. The van der Waals surface area contributed by atoms with Crippen molar-refractivity contribution >= 4 is 5.91 Å². The summed E-state index contributed by atoms with van der Waals surface area (Å²) in [5.41, 5.74) is 2.95. The van der Waals surface area contributed by atoms with Crippen LogP contribution in [0.3, 0.4) is 0 Å². The molecule has 0 bridgehead atoms. The van der Waals surface area contributed by atoms with Crippen molar-refractivity contribution in [3.8, 4) is 28.6 Å². The van der Waals surface area contributed by atoms with Crippen LogP contribution in [0.1, 0.15) is 16.2 Å². The van der Waals surface area contributed by atoms with Gasteiger partial charge in [0.05, 0.1) is 5.69 Å².